The number of rotatable bonds is 2. The van der Waals surface area contributed by atoms with Crippen LogP contribution in [0.3, 0.4) is 0 Å². The highest BCUT2D eigenvalue weighted by molar-refractivity contribution is 6.51. The van der Waals surface area contributed by atoms with Crippen molar-refractivity contribution in [3.05, 3.63) is 34.9 Å². The second-order valence-electron chi connectivity index (χ2n) is 3.30. The van der Waals surface area contributed by atoms with E-state index in [1.165, 1.54) is 0 Å². The van der Waals surface area contributed by atoms with Gasteiger partial charge in [0.25, 0.3) is 0 Å². The fourth-order valence-electron chi connectivity index (χ4n) is 1.64. The lowest BCUT2D eigenvalue weighted by Gasteiger charge is -2.03. The number of benzene rings is 1. The van der Waals surface area contributed by atoms with Gasteiger partial charge in [0.1, 0.15) is 5.75 Å². The van der Waals surface area contributed by atoms with Gasteiger partial charge in [-0.05, 0) is 17.7 Å². The van der Waals surface area contributed by atoms with E-state index in [2.05, 4.69) is 0 Å². The summed E-state index contributed by atoms with van der Waals surface area (Å²) in [6, 6.07) is 5.40. The molecule has 0 saturated heterocycles. The van der Waals surface area contributed by atoms with Crippen molar-refractivity contribution in [3.8, 4) is 5.75 Å². The Kier molecular flexibility index (Phi) is 2.40. The fourth-order valence-corrected chi connectivity index (χ4v) is 1.96. The molecule has 0 unspecified atom stereocenters. The number of aliphatic carboxylic acids is 1. The standard InChI is InChI=1S/C11H9ClO3/c1-15-7-3-2-6-4-9(11(13)14)10(12)8(6)5-7/h2-3,5H,4H2,1H3,(H,13,14). The number of carboxylic acid groups (broad SMARTS) is 1. The van der Waals surface area contributed by atoms with Crippen LogP contribution >= 0.6 is 11.6 Å². The van der Waals surface area contributed by atoms with Crippen LogP contribution in [0.5, 0.6) is 5.75 Å². The van der Waals surface area contributed by atoms with Gasteiger partial charge in [-0.15, -0.1) is 0 Å². The van der Waals surface area contributed by atoms with Crippen LogP contribution < -0.4 is 4.74 Å². The van der Waals surface area contributed by atoms with Gasteiger partial charge in [-0.3, -0.25) is 0 Å². The molecule has 1 aliphatic rings. The summed E-state index contributed by atoms with van der Waals surface area (Å²) in [6.45, 7) is 0. The molecular weight excluding hydrogens is 216 g/mol. The van der Waals surface area contributed by atoms with E-state index in [1.807, 2.05) is 6.07 Å². The van der Waals surface area contributed by atoms with Crippen molar-refractivity contribution in [2.75, 3.05) is 7.11 Å². The molecule has 0 bridgehead atoms. The van der Waals surface area contributed by atoms with Gasteiger partial charge in [0.05, 0.1) is 17.7 Å². The summed E-state index contributed by atoms with van der Waals surface area (Å²) in [7, 11) is 1.56. The Morgan fingerprint density at radius 3 is 2.87 bits per heavy atom. The summed E-state index contributed by atoms with van der Waals surface area (Å²) in [5.74, 6) is -0.284. The summed E-state index contributed by atoms with van der Waals surface area (Å²) in [5.41, 5.74) is 1.94. The van der Waals surface area contributed by atoms with Gasteiger partial charge in [0.15, 0.2) is 0 Å². The summed E-state index contributed by atoms with van der Waals surface area (Å²) in [4.78, 5) is 10.9. The minimum Gasteiger partial charge on any atom is -0.497 e. The van der Waals surface area contributed by atoms with Crippen molar-refractivity contribution in [2.24, 2.45) is 0 Å². The maximum absolute atomic E-state index is 10.9. The normalized spacial score (nSPS) is 14.0. The second-order valence-corrected chi connectivity index (χ2v) is 3.68. The summed E-state index contributed by atoms with van der Waals surface area (Å²) >= 11 is 5.98. The van der Waals surface area contributed by atoms with E-state index >= 15 is 0 Å². The molecule has 1 aromatic rings. The lowest BCUT2D eigenvalue weighted by molar-refractivity contribution is -0.132. The second kappa shape index (κ2) is 3.59. The molecule has 78 valence electrons. The van der Waals surface area contributed by atoms with Crippen molar-refractivity contribution in [1.82, 2.24) is 0 Å². The summed E-state index contributed by atoms with van der Waals surface area (Å²) in [6.07, 6.45) is 0.382. The zero-order valence-electron chi connectivity index (χ0n) is 8.08. The van der Waals surface area contributed by atoms with Gasteiger partial charge in [-0.25, -0.2) is 4.79 Å². The smallest absolute Gasteiger partial charge is 0.333 e. The molecule has 2 rings (SSSR count). The maximum Gasteiger partial charge on any atom is 0.333 e. The average molecular weight is 225 g/mol. The molecule has 0 atom stereocenters. The SMILES string of the molecule is COc1ccc2c(c1)C(Cl)=C(C(=O)O)C2. The molecule has 15 heavy (non-hydrogen) atoms. The molecule has 0 radical (unpaired) electrons. The fraction of sp³-hybridized carbons (Fsp3) is 0.182. The van der Waals surface area contributed by atoms with Crippen LogP contribution in [0.2, 0.25) is 0 Å². The van der Waals surface area contributed by atoms with E-state index in [1.54, 1.807) is 19.2 Å². The zero-order valence-corrected chi connectivity index (χ0v) is 8.84. The van der Waals surface area contributed by atoms with Crippen LogP contribution in [0.1, 0.15) is 11.1 Å². The van der Waals surface area contributed by atoms with Gasteiger partial charge in [0.2, 0.25) is 0 Å². The average Bonchev–Trinajstić information content (AvgIpc) is 2.56. The van der Waals surface area contributed by atoms with Crippen molar-refractivity contribution in [1.29, 1.82) is 0 Å². The van der Waals surface area contributed by atoms with E-state index in [4.69, 9.17) is 21.4 Å². The van der Waals surface area contributed by atoms with Crippen molar-refractivity contribution in [3.63, 3.8) is 0 Å². The Labute approximate surface area is 91.9 Å². The van der Waals surface area contributed by atoms with Crippen LogP contribution in [0.4, 0.5) is 0 Å². The highest BCUT2D eigenvalue weighted by Gasteiger charge is 2.24. The third-order valence-electron chi connectivity index (χ3n) is 2.44. The highest BCUT2D eigenvalue weighted by atomic mass is 35.5. The van der Waals surface area contributed by atoms with Gasteiger partial charge < -0.3 is 9.84 Å². The molecule has 0 fully saturated rings. The number of hydrogen-bond donors (Lipinski definition) is 1. The molecule has 1 aromatic carbocycles. The third kappa shape index (κ3) is 1.59. The number of ether oxygens (including phenoxy) is 1. The molecule has 0 aliphatic heterocycles. The highest BCUT2D eigenvalue weighted by Crippen LogP contribution is 2.37. The molecule has 0 amide bonds. The lowest BCUT2D eigenvalue weighted by Crippen LogP contribution is -2.00. The quantitative estimate of drug-likeness (QED) is 0.839. The maximum atomic E-state index is 10.9. The molecule has 0 heterocycles. The number of fused-ring (bicyclic) bond motifs is 1. The Hall–Kier alpha value is -1.48. The Morgan fingerprint density at radius 1 is 1.53 bits per heavy atom. The molecule has 4 heteroatoms. The monoisotopic (exact) mass is 224 g/mol. The van der Waals surface area contributed by atoms with Crippen LogP contribution in [0, 0.1) is 0 Å². The molecule has 0 aromatic heterocycles. The lowest BCUT2D eigenvalue weighted by atomic mass is 10.1. The van der Waals surface area contributed by atoms with E-state index < -0.39 is 5.97 Å². The van der Waals surface area contributed by atoms with Crippen molar-refractivity contribution < 1.29 is 14.6 Å². The zero-order chi connectivity index (χ0) is 11.0. The molecule has 3 nitrogen and oxygen atoms in total. The molecular formula is C11H9ClO3. The predicted octanol–water partition coefficient (Wildman–Crippen LogP) is 2.29. The Balaban J connectivity index is 2.50. The minimum absolute atomic E-state index is 0.250. The first-order valence-electron chi connectivity index (χ1n) is 4.42. The number of carbonyl (C=O) groups is 1. The molecule has 0 spiro atoms. The number of hydrogen-bond acceptors (Lipinski definition) is 2. The van der Waals surface area contributed by atoms with Gasteiger partial charge in [0, 0.05) is 12.0 Å². The van der Waals surface area contributed by atoms with Crippen molar-refractivity contribution in [2.45, 2.75) is 6.42 Å². The van der Waals surface area contributed by atoms with E-state index in [9.17, 15) is 4.79 Å². The predicted molar refractivity (Wildman–Crippen MR) is 57.1 cm³/mol. The summed E-state index contributed by atoms with van der Waals surface area (Å²) < 4.78 is 5.05. The van der Waals surface area contributed by atoms with Crippen LogP contribution in [0.25, 0.3) is 5.03 Å². The molecule has 0 saturated carbocycles. The van der Waals surface area contributed by atoms with Gasteiger partial charge in [-0.2, -0.15) is 0 Å². The first-order valence-corrected chi connectivity index (χ1v) is 4.80. The first-order chi connectivity index (χ1) is 7.13. The Bertz CT molecular complexity index is 463. The van der Waals surface area contributed by atoms with Crippen LogP contribution in [-0.2, 0) is 11.2 Å². The van der Waals surface area contributed by atoms with E-state index in [0.29, 0.717) is 17.2 Å². The molecule has 1 aliphatic carbocycles. The number of methoxy groups -OCH3 is 1. The van der Waals surface area contributed by atoms with Crippen molar-refractivity contribution >= 4 is 22.6 Å². The minimum atomic E-state index is -0.963. The first kappa shape index (κ1) is 10.1. The molecule has 1 N–H and O–H groups in total. The largest absolute Gasteiger partial charge is 0.497 e. The van der Waals surface area contributed by atoms with Crippen LogP contribution in [0.15, 0.2) is 23.8 Å². The van der Waals surface area contributed by atoms with Crippen LogP contribution in [-0.4, -0.2) is 18.2 Å². The third-order valence-corrected chi connectivity index (χ3v) is 2.88. The number of halogens is 1. The Morgan fingerprint density at radius 2 is 2.27 bits per heavy atom. The van der Waals surface area contributed by atoms with E-state index in [0.717, 1.165) is 11.1 Å². The topological polar surface area (TPSA) is 46.5 Å². The van der Waals surface area contributed by atoms with Gasteiger partial charge >= 0.3 is 5.97 Å². The van der Waals surface area contributed by atoms with Gasteiger partial charge in [-0.1, -0.05) is 17.7 Å². The summed E-state index contributed by atoms with van der Waals surface area (Å²) in [5, 5.41) is 9.22. The number of carboxylic acids is 1. The van der Waals surface area contributed by atoms with E-state index in [-0.39, 0.29) is 5.57 Å².